The number of Topliss-reactive ketones (excluding diaryl/α,β-unsaturated/α-hetero) is 1. The molecule has 2 N–H and O–H groups in total. The summed E-state index contributed by atoms with van der Waals surface area (Å²) in [6.07, 6.45) is -3.84. The van der Waals surface area contributed by atoms with Gasteiger partial charge in [-0.2, -0.15) is 13.2 Å². The van der Waals surface area contributed by atoms with Gasteiger partial charge in [-0.25, -0.2) is 9.78 Å². The number of rotatable bonds is 4. The monoisotopic (exact) mass is 388 g/mol. The molecule has 140 valence electrons. The Morgan fingerprint density at radius 1 is 1.23 bits per heavy atom. The van der Waals surface area contributed by atoms with Gasteiger partial charge in [-0.15, -0.1) is 0 Å². The first-order valence-electron chi connectivity index (χ1n) is 7.24. The maximum absolute atomic E-state index is 12.6. The van der Waals surface area contributed by atoms with Crippen LogP contribution in [-0.4, -0.2) is 25.2 Å². The van der Waals surface area contributed by atoms with Crippen molar-refractivity contribution in [1.82, 2.24) is 14.1 Å². The maximum atomic E-state index is 12.6. The molecule has 0 aliphatic heterocycles. The van der Waals surface area contributed by atoms with E-state index in [1.807, 2.05) is 0 Å². The molecular formula is C15H15F3N4O3S. The van der Waals surface area contributed by atoms with Crippen LogP contribution in [0.2, 0.25) is 0 Å². The number of carbonyl (C=O) groups is 1. The van der Waals surface area contributed by atoms with Gasteiger partial charge in [0.1, 0.15) is 11.4 Å². The van der Waals surface area contributed by atoms with Crippen molar-refractivity contribution in [3.63, 3.8) is 0 Å². The van der Waals surface area contributed by atoms with Gasteiger partial charge in [0.15, 0.2) is 5.78 Å². The molecule has 2 heterocycles. The van der Waals surface area contributed by atoms with Crippen molar-refractivity contribution >= 4 is 23.4 Å². The van der Waals surface area contributed by atoms with Crippen LogP contribution in [-0.2, 0) is 20.3 Å². The normalized spacial score (nSPS) is 12.8. The molecule has 0 aromatic carbocycles. The van der Waals surface area contributed by atoms with Crippen LogP contribution in [0.3, 0.4) is 0 Å². The molecule has 7 nitrogen and oxygen atoms in total. The Hall–Kier alpha value is -2.56. The van der Waals surface area contributed by atoms with E-state index in [9.17, 15) is 27.6 Å². The molecule has 0 saturated heterocycles. The van der Waals surface area contributed by atoms with Crippen molar-refractivity contribution in [3.05, 3.63) is 50.3 Å². The van der Waals surface area contributed by atoms with Gasteiger partial charge in [-0.3, -0.25) is 18.7 Å². The molecule has 2 aromatic heterocycles. The first-order valence-corrected chi connectivity index (χ1v) is 8.12. The van der Waals surface area contributed by atoms with Crippen LogP contribution in [0.15, 0.2) is 32.9 Å². The van der Waals surface area contributed by atoms with Crippen molar-refractivity contribution < 1.29 is 18.0 Å². The molecule has 0 spiro atoms. The Morgan fingerprint density at radius 2 is 1.85 bits per heavy atom. The minimum Gasteiger partial charge on any atom is -0.384 e. The number of thioether (sulfide) groups is 1. The topological polar surface area (TPSA) is 100.0 Å². The van der Waals surface area contributed by atoms with Gasteiger partial charge in [0.25, 0.3) is 5.56 Å². The summed E-state index contributed by atoms with van der Waals surface area (Å²) in [5, 5.41) is -0.675. The van der Waals surface area contributed by atoms with Gasteiger partial charge in [-0.1, -0.05) is 11.8 Å². The van der Waals surface area contributed by atoms with Crippen molar-refractivity contribution in [2.75, 3.05) is 5.73 Å². The minimum absolute atomic E-state index is 0.180. The van der Waals surface area contributed by atoms with Gasteiger partial charge in [0.05, 0.1) is 15.8 Å². The van der Waals surface area contributed by atoms with E-state index in [1.165, 1.54) is 21.0 Å². The second kappa shape index (κ2) is 6.98. The summed E-state index contributed by atoms with van der Waals surface area (Å²) in [5.74, 6) is -0.915. The highest BCUT2D eigenvalue weighted by Gasteiger charge is 2.31. The van der Waals surface area contributed by atoms with Crippen molar-refractivity contribution in [2.24, 2.45) is 14.1 Å². The lowest BCUT2D eigenvalue weighted by atomic mass is 10.1. The van der Waals surface area contributed by atoms with E-state index in [4.69, 9.17) is 5.73 Å². The second-order valence-electron chi connectivity index (χ2n) is 5.47. The van der Waals surface area contributed by atoms with E-state index in [0.29, 0.717) is 6.20 Å². The van der Waals surface area contributed by atoms with Crippen LogP contribution in [0.5, 0.6) is 0 Å². The summed E-state index contributed by atoms with van der Waals surface area (Å²) < 4.78 is 39.4. The number of ketones is 1. The third-order valence-electron chi connectivity index (χ3n) is 3.69. The fourth-order valence-corrected chi connectivity index (χ4v) is 2.99. The SMILES string of the molecule is CC(Sc1ccc(C(F)(F)F)cn1)C(=O)c1c(N)n(C)c(=O)n(C)c1=O. The maximum Gasteiger partial charge on any atom is 0.417 e. The van der Waals surface area contributed by atoms with E-state index in [-0.39, 0.29) is 16.4 Å². The molecule has 0 saturated carbocycles. The number of anilines is 1. The van der Waals surface area contributed by atoms with Gasteiger partial charge in [0.2, 0.25) is 0 Å². The zero-order valence-corrected chi connectivity index (χ0v) is 14.8. The van der Waals surface area contributed by atoms with E-state index >= 15 is 0 Å². The first kappa shape index (κ1) is 19.8. The number of carbonyl (C=O) groups excluding carboxylic acids is 1. The highest BCUT2D eigenvalue weighted by atomic mass is 32.2. The predicted molar refractivity (Wildman–Crippen MR) is 90.2 cm³/mol. The van der Waals surface area contributed by atoms with Gasteiger partial charge in [-0.05, 0) is 19.1 Å². The van der Waals surface area contributed by atoms with Gasteiger partial charge in [0, 0.05) is 20.3 Å². The molecule has 11 heteroatoms. The van der Waals surface area contributed by atoms with Crippen LogP contribution in [0, 0.1) is 0 Å². The number of alkyl halides is 3. The van der Waals surface area contributed by atoms with Crippen LogP contribution < -0.4 is 17.0 Å². The summed E-state index contributed by atoms with van der Waals surface area (Å²) in [6, 6.07) is 1.99. The van der Waals surface area contributed by atoms with E-state index in [1.54, 1.807) is 0 Å². The summed E-state index contributed by atoms with van der Waals surface area (Å²) >= 11 is 0.880. The first-order chi connectivity index (χ1) is 11.9. The number of hydrogen-bond acceptors (Lipinski definition) is 6. The molecule has 0 amide bonds. The lowest BCUT2D eigenvalue weighted by molar-refractivity contribution is -0.137. The lowest BCUT2D eigenvalue weighted by Crippen LogP contribution is -2.42. The van der Waals surface area contributed by atoms with Crippen LogP contribution in [0.1, 0.15) is 22.8 Å². The predicted octanol–water partition coefficient (Wildman–Crippen LogP) is 1.44. The van der Waals surface area contributed by atoms with Crippen molar-refractivity contribution in [1.29, 1.82) is 0 Å². The highest BCUT2D eigenvalue weighted by Crippen LogP contribution is 2.30. The van der Waals surface area contributed by atoms with Gasteiger partial charge >= 0.3 is 11.9 Å². The number of aromatic nitrogens is 3. The van der Waals surface area contributed by atoms with Crippen molar-refractivity contribution in [2.45, 2.75) is 23.4 Å². The molecule has 2 rings (SSSR count). The molecule has 0 aliphatic rings. The Morgan fingerprint density at radius 3 is 2.35 bits per heavy atom. The minimum atomic E-state index is -4.51. The lowest BCUT2D eigenvalue weighted by Gasteiger charge is -2.14. The molecule has 1 atom stereocenters. The highest BCUT2D eigenvalue weighted by molar-refractivity contribution is 8.00. The Balaban J connectivity index is 2.32. The molecule has 0 radical (unpaired) electrons. The molecule has 0 aliphatic carbocycles. The van der Waals surface area contributed by atoms with Crippen LogP contribution in [0.25, 0.3) is 0 Å². The number of nitrogens with two attached hydrogens (primary N) is 1. The molecule has 26 heavy (non-hydrogen) atoms. The Kier molecular flexibility index (Phi) is 5.31. The van der Waals surface area contributed by atoms with Gasteiger partial charge < -0.3 is 5.73 Å². The standard InChI is InChI=1S/C15H15F3N4O3S/c1-7(26-9-5-4-8(6-20-9)15(16,17)18)11(23)10-12(19)21(2)14(25)22(3)13(10)24/h4-7H,19H2,1-3H3. The summed E-state index contributed by atoms with van der Waals surface area (Å²) in [4.78, 5) is 40.3. The second-order valence-corrected chi connectivity index (χ2v) is 6.83. The molecule has 2 aromatic rings. The van der Waals surface area contributed by atoms with Crippen LogP contribution in [0.4, 0.5) is 19.0 Å². The fraction of sp³-hybridized carbons (Fsp3) is 0.333. The summed E-state index contributed by atoms with van der Waals surface area (Å²) in [5.41, 5.74) is 2.98. The molecular weight excluding hydrogens is 373 g/mol. The molecule has 0 fully saturated rings. The number of hydrogen-bond donors (Lipinski definition) is 1. The molecule has 0 bridgehead atoms. The quantitative estimate of drug-likeness (QED) is 0.629. The van der Waals surface area contributed by atoms with E-state index in [2.05, 4.69) is 4.98 Å². The van der Waals surface area contributed by atoms with E-state index in [0.717, 1.165) is 33.0 Å². The average Bonchev–Trinajstić information content (AvgIpc) is 2.58. The number of nitrogens with zero attached hydrogens (tertiary/aromatic N) is 3. The third kappa shape index (κ3) is 3.66. The Labute approximate surface area is 149 Å². The third-order valence-corrected chi connectivity index (χ3v) is 4.74. The van der Waals surface area contributed by atoms with Crippen molar-refractivity contribution in [3.8, 4) is 0 Å². The molecule has 1 unspecified atom stereocenters. The number of pyridine rings is 1. The summed E-state index contributed by atoms with van der Waals surface area (Å²) in [6.45, 7) is 1.47. The fourth-order valence-electron chi connectivity index (χ4n) is 2.15. The number of nitrogen functional groups attached to an aromatic ring is 1. The smallest absolute Gasteiger partial charge is 0.384 e. The number of halogens is 3. The Bertz CT molecular complexity index is 964. The average molecular weight is 388 g/mol. The zero-order valence-electron chi connectivity index (χ0n) is 14.0. The van der Waals surface area contributed by atoms with E-state index < -0.39 is 34.0 Å². The largest absolute Gasteiger partial charge is 0.417 e. The zero-order chi connectivity index (χ0) is 19.8. The summed E-state index contributed by atoms with van der Waals surface area (Å²) in [7, 11) is 2.54. The van der Waals surface area contributed by atoms with Crippen LogP contribution >= 0.6 is 11.8 Å².